The maximum absolute atomic E-state index is 12.7. The van der Waals surface area contributed by atoms with E-state index in [4.69, 9.17) is 5.26 Å². The minimum Gasteiger partial charge on any atom is -0.339 e. The van der Waals surface area contributed by atoms with Crippen LogP contribution >= 0.6 is 0 Å². The fourth-order valence-corrected chi connectivity index (χ4v) is 5.43. The van der Waals surface area contributed by atoms with Gasteiger partial charge in [-0.15, -0.1) is 0 Å². The molecule has 4 saturated carbocycles. The monoisotopic (exact) mass is 274 g/mol. The Morgan fingerprint density at radius 2 is 1.75 bits per heavy atom. The van der Waals surface area contributed by atoms with E-state index >= 15 is 0 Å². The highest BCUT2D eigenvalue weighted by Gasteiger charge is 2.50. The van der Waals surface area contributed by atoms with Gasteiger partial charge in [0, 0.05) is 24.9 Å². The number of amides is 1. The fourth-order valence-electron chi connectivity index (χ4n) is 5.43. The standard InChI is InChI=1S/C17H26N2O/c1-3-19(17(20)11(2)4-5-18)16-14-7-12-6-13(9-14)10-15(16)8-12/h11-16H,3-4,6-10H2,1-2H3. The SMILES string of the molecule is CCN(C(=O)C(C)CC#N)C1C2CC3CC(C2)CC1C3. The van der Waals surface area contributed by atoms with E-state index in [0.29, 0.717) is 12.5 Å². The first-order valence-electron chi connectivity index (χ1n) is 8.31. The van der Waals surface area contributed by atoms with Crippen LogP contribution in [0, 0.1) is 40.9 Å². The van der Waals surface area contributed by atoms with Gasteiger partial charge in [-0.2, -0.15) is 5.26 Å². The van der Waals surface area contributed by atoms with E-state index in [9.17, 15) is 4.79 Å². The Bertz CT molecular complexity index is 397. The van der Waals surface area contributed by atoms with E-state index in [2.05, 4.69) is 17.9 Å². The van der Waals surface area contributed by atoms with Crippen LogP contribution in [0.5, 0.6) is 0 Å². The first-order valence-corrected chi connectivity index (χ1v) is 8.31. The van der Waals surface area contributed by atoms with Gasteiger partial charge in [-0.3, -0.25) is 4.79 Å². The first-order chi connectivity index (χ1) is 9.63. The number of hydrogen-bond acceptors (Lipinski definition) is 2. The van der Waals surface area contributed by atoms with Crippen molar-refractivity contribution in [3.05, 3.63) is 0 Å². The quantitative estimate of drug-likeness (QED) is 0.790. The summed E-state index contributed by atoms with van der Waals surface area (Å²) >= 11 is 0. The number of carbonyl (C=O) groups excluding carboxylic acids is 1. The van der Waals surface area contributed by atoms with Crippen molar-refractivity contribution in [1.82, 2.24) is 4.90 Å². The number of nitrogens with zero attached hydrogens (tertiary/aromatic N) is 2. The topological polar surface area (TPSA) is 44.1 Å². The molecule has 0 saturated heterocycles. The molecule has 0 aromatic carbocycles. The maximum atomic E-state index is 12.7. The Morgan fingerprint density at radius 1 is 1.20 bits per heavy atom. The molecule has 4 bridgehead atoms. The smallest absolute Gasteiger partial charge is 0.226 e. The van der Waals surface area contributed by atoms with Crippen LogP contribution in [0.1, 0.15) is 52.4 Å². The normalized spacial score (nSPS) is 39.4. The van der Waals surface area contributed by atoms with Gasteiger partial charge in [0.15, 0.2) is 0 Å². The van der Waals surface area contributed by atoms with Gasteiger partial charge in [-0.25, -0.2) is 0 Å². The van der Waals surface area contributed by atoms with E-state index < -0.39 is 0 Å². The largest absolute Gasteiger partial charge is 0.339 e. The molecule has 0 radical (unpaired) electrons. The Kier molecular flexibility index (Phi) is 3.75. The summed E-state index contributed by atoms with van der Waals surface area (Å²) in [6.07, 6.45) is 7.16. The summed E-state index contributed by atoms with van der Waals surface area (Å²) in [7, 11) is 0. The van der Waals surface area contributed by atoms with Crippen LogP contribution in [0.15, 0.2) is 0 Å². The van der Waals surface area contributed by atoms with Crippen LogP contribution in [0.4, 0.5) is 0 Å². The van der Waals surface area contributed by atoms with Gasteiger partial charge >= 0.3 is 0 Å². The summed E-state index contributed by atoms with van der Waals surface area (Å²) in [5, 5.41) is 8.83. The van der Waals surface area contributed by atoms with Crippen LogP contribution in [-0.2, 0) is 4.79 Å². The molecule has 4 aliphatic carbocycles. The van der Waals surface area contributed by atoms with E-state index in [-0.39, 0.29) is 11.8 Å². The van der Waals surface area contributed by atoms with Crippen molar-refractivity contribution < 1.29 is 4.79 Å². The molecule has 0 aromatic heterocycles. The molecule has 1 unspecified atom stereocenters. The van der Waals surface area contributed by atoms with E-state index in [1.807, 2.05) is 6.92 Å². The zero-order valence-corrected chi connectivity index (χ0v) is 12.7. The lowest BCUT2D eigenvalue weighted by Crippen LogP contribution is -2.58. The van der Waals surface area contributed by atoms with Crippen molar-refractivity contribution in [3.63, 3.8) is 0 Å². The predicted octanol–water partition coefficient (Wildman–Crippen LogP) is 3.21. The number of hydrogen-bond donors (Lipinski definition) is 0. The molecule has 1 atom stereocenters. The Balaban J connectivity index is 1.76. The predicted molar refractivity (Wildman–Crippen MR) is 77.6 cm³/mol. The zero-order chi connectivity index (χ0) is 14.3. The summed E-state index contributed by atoms with van der Waals surface area (Å²) in [5.74, 6) is 3.44. The van der Waals surface area contributed by atoms with Crippen molar-refractivity contribution in [3.8, 4) is 6.07 Å². The number of rotatable bonds is 4. The molecule has 4 aliphatic rings. The van der Waals surface area contributed by atoms with E-state index in [0.717, 1.165) is 30.2 Å². The maximum Gasteiger partial charge on any atom is 0.226 e. The van der Waals surface area contributed by atoms with Gasteiger partial charge in [0.25, 0.3) is 0 Å². The lowest BCUT2D eigenvalue weighted by Gasteiger charge is -2.57. The molecule has 3 nitrogen and oxygen atoms in total. The van der Waals surface area contributed by atoms with Gasteiger partial charge < -0.3 is 4.90 Å². The minimum absolute atomic E-state index is 0.142. The Morgan fingerprint density at radius 3 is 2.20 bits per heavy atom. The third kappa shape index (κ3) is 2.24. The summed E-state index contributed by atoms with van der Waals surface area (Å²) in [4.78, 5) is 14.8. The van der Waals surface area contributed by atoms with Gasteiger partial charge in [0.05, 0.1) is 6.07 Å². The molecule has 0 aromatic rings. The summed E-state index contributed by atoms with van der Waals surface area (Å²) in [5.41, 5.74) is 0. The third-order valence-electron chi connectivity index (χ3n) is 5.98. The Hall–Kier alpha value is -1.04. The van der Waals surface area contributed by atoms with Gasteiger partial charge in [-0.05, 0) is 62.7 Å². The second kappa shape index (κ2) is 5.39. The molecule has 4 fully saturated rings. The van der Waals surface area contributed by atoms with Crippen LogP contribution in [0.3, 0.4) is 0 Å². The summed E-state index contributed by atoms with van der Waals surface area (Å²) < 4.78 is 0. The van der Waals surface area contributed by atoms with Crippen LogP contribution in [-0.4, -0.2) is 23.4 Å². The van der Waals surface area contributed by atoms with Crippen molar-refractivity contribution in [1.29, 1.82) is 5.26 Å². The van der Waals surface area contributed by atoms with Crippen molar-refractivity contribution in [2.45, 2.75) is 58.4 Å². The molecule has 0 spiro atoms. The molecule has 20 heavy (non-hydrogen) atoms. The lowest BCUT2D eigenvalue weighted by atomic mass is 9.54. The zero-order valence-electron chi connectivity index (χ0n) is 12.7. The fraction of sp³-hybridized carbons (Fsp3) is 0.882. The number of carbonyl (C=O) groups is 1. The molecular weight excluding hydrogens is 248 g/mol. The summed E-state index contributed by atoms with van der Waals surface area (Å²) in [6.45, 7) is 4.81. The third-order valence-corrected chi connectivity index (χ3v) is 5.98. The first kappa shape index (κ1) is 13.9. The minimum atomic E-state index is -0.142. The molecule has 0 N–H and O–H groups in total. The molecular formula is C17H26N2O. The molecule has 3 heteroatoms. The molecule has 110 valence electrons. The molecule has 4 rings (SSSR count). The number of nitriles is 1. The average Bonchev–Trinajstić information content (AvgIpc) is 2.41. The van der Waals surface area contributed by atoms with Gasteiger partial charge in [0.1, 0.15) is 0 Å². The lowest BCUT2D eigenvalue weighted by molar-refractivity contribution is -0.147. The molecule has 0 heterocycles. The van der Waals surface area contributed by atoms with Gasteiger partial charge in [0.2, 0.25) is 5.91 Å². The van der Waals surface area contributed by atoms with Crippen LogP contribution in [0.25, 0.3) is 0 Å². The van der Waals surface area contributed by atoms with Crippen molar-refractivity contribution >= 4 is 5.91 Å². The highest BCUT2D eigenvalue weighted by atomic mass is 16.2. The second-order valence-corrected chi connectivity index (χ2v) is 7.31. The van der Waals surface area contributed by atoms with Crippen molar-refractivity contribution in [2.24, 2.45) is 29.6 Å². The highest BCUT2D eigenvalue weighted by molar-refractivity contribution is 5.79. The summed E-state index contributed by atoms with van der Waals surface area (Å²) in [6, 6.07) is 2.62. The van der Waals surface area contributed by atoms with E-state index in [1.165, 1.54) is 32.1 Å². The van der Waals surface area contributed by atoms with Crippen LogP contribution in [0.2, 0.25) is 0 Å². The molecule has 1 amide bonds. The highest BCUT2D eigenvalue weighted by Crippen LogP contribution is 2.55. The second-order valence-electron chi connectivity index (χ2n) is 7.31. The Labute approximate surface area is 122 Å². The molecule has 0 aliphatic heterocycles. The van der Waals surface area contributed by atoms with Crippen molar-refractivity contribution in [2.75, 3.05) is 6.54 Å². The average molecular weight is 274 g/mol. The van der Waals surface area contributed by atoms with E-state index in [1.54, 1.807) is 0 Å². The van der Waals surface area contributed by atoms with Gasteiger partial charge in [-0.1, -0.05) is 6.92 Å². The van der Waals surface area contributed by atoms with Crippen LogP contribution < -0.4 is 0 Å².